The predicted molar refractivity (Wildman–Crippen MR) is 71.9 cm³/mol. The molecule has 0 bridgehead atoms. The number of hydrogen-bond donors (Lipinski definition) is 1. The zero-order valence-electron chi connectivity index (χ0n) is 12.0. The summed E-state index contributed by atoms with van der Waals surface area (Å²) in [6.07, 6.45) is 1.85. The van der Waals surface area contributed by atoms with E-state index in [2.05, 4.69) is 57.9 Å². The molecular weight excluding hydrogens is 212 g/mol. The molecule has 0 fully saturated rings. The molecule has 0 saturated heterocycles. The van der Waals surface area contributed by atoms with E-state index in [1.54, 1.807) is 0 Å². The van der Waals surface area contributed by atoms with E-state index in [9.17, 15) is 0 Å². The molecule has 0 aliphatic carbocycles. The Morgan fingerprint density at radius 3 is 2.53 bits per heavy atom. The third kappa shape index (κ3) is 5.37. The van der Waals surface area contributed by atoms with Crippen LogP contribution in [0, 0.1) is 0 Å². The molecule has 1 N–H and O–H groups in total. The van der Waals surface area contributed by atoms with Crippen LogP contribution in [-0.4, -0.2) is 23.5 Å². The zero-order chi connectivity index (χ0) is 13.1. The van der Waals surface area contributed by atoms with E-state index >= 15 is 0 Å². The van der Waals surface area contributed by atoms with Crippen molar-refractivity contribution < 1.29 is 4.42 Å². The SMILES string of the molecule is CC(C)N(C)Cc1cc(CNC(C)(C)C)co1. The first kappa shape index (κ1) is 14.3. The van der Waals surface area contributed by atoms with Crippen molar-refractivity contribution in [2.45, 2.75) is 59.3 Å². The van der Waals surface area contributed by atoms with Gasteiger partial charge < -0.3 is 9.73 Å². The van der Waals surface area contributed by atoms with Crippen molar-refractivity contribution in [1.82, 2.24) is 10.2 Å². The highest BCUT2D eigenvalue weighted by Crippen LogP contribution is 2.12. The second-order valence-electron chi connectivity index (χ2n) is 6.03. The first-order chi connectivity index (χ1) is 7.78. The molecular formula is C14H26N2O. The van der Waals surface area contributed by atoms with Crippen LogP contribution in [0.15, 0.2) is 16.7 Å². The summed E-state index contributed by atoms with van der Waals surface area (Å²) in [6, 6.07) is 2.67. The Bertz CT molecular complexity index is 336. The molecule has 17 heavy (non-hydrogen) atoms. The second kappa shape index (κ2) is 5.69. The highest BCUT2D eigenvalue weighted by atomic mass is 16.3. The summed E-state index contributed by atoms with van der Waals surface area (Å²) < 4.78 is 5.57. The molecule has 0 amide bonds. The van der Waals surface area contributed by atoms with Crippen molar-refractivity contribution in [2.75, 3.05) is 7.05 Å². The van der Waals surface area contributed by atoms with Crippen LogP contribution < -0.4 is 5.32 Å². The molecule has 1 rings (SSSR count). The fraction of sp³-hybridized carbons (Fsp3) is 0.714. The van der Waals surface area contributed by atoms with Crippen molar-refractivity contribution in [2.24, 2.45) is 0 Å². The number of furan rings is 1. The lowest BCUT2D eigenvalue weighted by Crippen LogP contribution is -2.34. The van der Waals surface area contributed by atoms with Gasteiger partial charge in [-0.05, 0) is 47.7 Å². The Labute approximate surface area is 105 Å². The van der Waals surface area contributed by atoms with Gasteiger partial charge in [0.05, 0.1) is 12.8 Å². The average Bonchev–Trinajstić information content (AvgIpc) is 2.61. The van der Waals surface area contributed by atoms with E-state index in [4.69, 9.17) is 4.42 Å². The number of rotatable bonds is 5. The van der Waals surface area contributed by atoms with E-state index in [1.165, 1.54) is 5.56 Å². The van der Waals surface area contributed by atoms with Crippen LogP contribution >= 0.6 is 0 Å². The first-order valence-electron chi connectivity index (χ1n) is 6.29. The van der Waals surface area contributed by atoms with Crippen LogP contribution in [0.2, 0.25) is 0 Å². The van der Waals surface area contributed by atoms with E-state index < -0.39 is 0 Å². The van der Waals surface area contributed by atoms with E-state index in [0.717, 1.165) is 18.8 Å². The zero-order valence-corrected chi connectivity index (χ0v) is 12.0. The van der Waals surface area contributed by atoms with Crippen LogP contribution in [0.1, 0.15) is 45.9 Å². The van der Waals surface area contributed by atoms with Crippen LogP contribution in [0.4, 0.5) is 0 Å². The van der Waals surface area contributed by atoms with Crippen LogP contribution in [0.5, 0.6) is 0 Å². The fourth-order valence-electron chi connectivity index (χ4n) is 1.40. The number of nitrogens with one attached hydrogen (secondary N) is 1. The standard InChI is InChI=1S/C14H26N2O/c1-11(2)16(6)9-13-7-12(10-17-13)8-15-14(3,4)5/h7,10-11,15H,8-9H2,1-6H3. The van der Waals surface area contributed by atoms with Gasteiger partial charge in [-0.3, -0.25) is 4.90 Å². The highest BCUT2D eigenvalue weighted by Gasteiger charge is 2.11. The lowest BCUT2D eigenvalue weighted by Gasteiger charge is -2.20. The van der Waals surface area contributed by atoms with Crippen molar-refractivity contribution in [3.63, 3.8) is 0 Å². The smallest absolute Gasteiger partial charge is 0.118 e. The largest absolute Gasteiger partial charge is 0.468 e. The molecule has 0 atom stereocenters. The van der Waals surface area contributed by atoms with Gasteiger partial charge in [0.25, 0.3) is 0 Å². The van der Waals surface area contributed by atoms with Crippen molar-refractivity contribution >= 4 is 0 Å². The van der Waals surface area contributed by atoms with Crippen molar-refractivity contribution in [1.29, 1.82) is 0 Å². The monoisotopic (exact) mass is 238 g/mol. The van der Waals surface area contributed by atoms with Gasteiger partial charge in [0, 0.05) is 23.7 Å². The third-order valence-electron chi connectivity index (χ3n) is 2.82. The van der Waals surface area contributed by atoms with Gasteiger partial charge in [-0.2, -0.15) is 0 Å². The quantitative estimate of drug-likeness (QED) is 0.854. The van der Waals surface area contributed by atoms with Gasteiger partial charge in [-0.25, -0.2) is 0 Å². The molecule has 1 aromatic heterocycles. The van der Waals surface area contributed by atoms with Crippen molar-refractivity contribution in [3.8, 4) is 0 Å². The maximum absolute atomic E-state index is 5.57. The van der Waals surface area contributed by atoms with E-state index in [0.29, 0.717) is 6.04 Å². The predicted octanol–water partition coefficient (Wildman–Crippen LogP) is 3.01. The minimum Gasteiger partial charge on any atom is -0.468 e. The summed E-state index contributed by atoms with van der Waals surface area (Å²) in [5, 5.41) is 3.45. The third-order valence-corrected chi connectivity index (χ3v) is 2.82. The average molecular weight is 238 g/mol. The highest BCUT2D eigenvalue weighted by molar-refractivity contribution is 5.13. The number of hydrogen-bond acceptors (Lipinski definition) is 3. The van der Waals surface area contributed by atoms with Gasteiger partial charge >= 0.3 is 0 Å². The van der Waals surface area contributed by atoms with Gasteiger partial charge in [0.1, 0.15) is 5.76 Å². The molecule has 1 heterocycles. The fourth-order valence-corrected chi connectivity index (χ4v) is 1.40. The topological polar surface area (TPSA) is 28.4 Å². The van der Waals surface area contributed by atoms with Gasteiger partial charge in [-0.1, -0.05) is 0 Å². The van der Waals surface area contributed by atoms with Gasteiger partial charge in [-0.15, -0.1) is 0 Å². The second-order valence-corrected chi connectivity index (χ2v) is 6.03. The normalized spacial score (nSPS) is 12.7. The Kier molecular flexibility index (Phi) is 4.78. The summed E-state index contributed by atoms with van der Waals surface area (Å²) in [6.45, 7) is 12.6. The Morgan fingerprint density at radius 1 is 1.35 bits per heavy atom. The van der Waals surface area contributed by atoms with Crippen LogP contribution in [-0.2, 0) is 13.1 Å². The van der Waals surface area contributed by atoms with Crippen LogP contribution in [0.25, 0.3) is 0 Å². The molecule has 3 heteroatoms. The first-order valence-corrected chi connectivity index (χ1v) is 6.29. The molecule has 0 saturated carbocycles. The minimum absolute atomic E-state index is 0.145. The maximum Gasteiger partial charge on any atom is 0.118 e. The van der Waals surface area contributed by atoms with E-state index in [-0.39, 0.29) is 5.54 Å². The molecule has 0 unspecified atom stereocenters. The molecule has 0 aliphatic heterocycles. The Morgan fingerprint density at radius 2 is 2.00 bits per heavy atom. The Hall–Kier alpha value is -0.800. The molecule has 3 nitrogen and oxygen atoms in total. The summed E-state index contributed by atoms with van der Waals surface area (Å²) in [5.41, 5.74) is 1.36. The summed E-state index contributed by atoms with van der Waals surface area (Å²) in [7, 11) is 2.11. The molecule has 98 valence electrons. The van der Waals surface area contributed by atoms with E-state index in [1.807, 2.05) is 6.26 Å². The lowest BCUT2D eigenvalue weighted by atomic mass is 10.1. The lowest BCUT2D eigenvalue weighted by molar-refractivity contribution is 0.244. The van der Waals surface area contributed by atoms with Gasteiger partial charge in [0.2, 0.25) is 0 Å². The number of nitrogens with zero attached hydrogens (tertiary/aromatic N) is 1. The molecule has 1 aromatic rings. The van der Waals surface area contributed by atoms with Gasteiger partial charge in [0.15, 0.2) is 0 Å². The molecule has 0 radical (unpaired) electrons. The van der Waals surface area contributed by atoms with Crippen molar-refractivity contribution in [3.05, 3.63) is 23.7 Å². The molecule has 0 aliphatic rings. The summed E-state index contributed by atoms with van der Waals surface area (Å²) >= 11 is 0. The maximum atomic E-state index is 5.57. The summed E-state index contributed by atoms with van der Waals surface area (Å²) in [4.78, 5) is 2.26. The van der Waals surface area contributed by atoms with Crippen LogP contribution in [0.3, 0.4) is 0 Å². The minimum atomic E-state index is 0.145. The summed E-state index contributed by atoms with van der Waals surface area (Å²) in [5.74, 6) is 1.03. The molecule has 0 spiro atoms. The molecule has 0 aromatic carbocycles. The Balaban J connectivity index is 2.48.